The molecule has 1 saturated heterocycles. The summed E-state index contributed by atoms with van der Waals surface area (Å²) < 4.78 is 17.6. The van der Waals surface area contributed by atoms with E-state index in [0.717, 1.165) is 37.1 Å². The molecule has 0 bridgehead atoms. The van der Waals surface area contributed by atoms with Crippen molar-refractivity contribution in [2.24, 2.45) is 0 Å². The van der Waals surface area contributed by atoms with Gasteiger partial charge in [0.2, 0.25) is 0 Å². The second-order valence-electron chi connectivity index (χ2n) is 7.65. The first-order valence-electron chi connectivity index (χ1n) is 10.0. The van der Waals surface area contributed by atoms with Gasteiger partial charge in [0, 0.05) is 34.1 Å². The predicted octanol–water partition coefficient (Wildman–Crippen LogP) is 4.30. The third-order valence-electron chi connectivity index (χ3n) is 5.68. The monoisotopic (exact) mass is 459 g/mol. The van der Waals surface area contributed by atoms with Crippen molar-refractivity contribution in [3.05, 3.63) is 58.2 Å². The van der Waals surface area contributed by atoms with Crippen molar-refractivity contribution >= 4 is 40.1 Å². The van der Waals surface area contributed by atoms with E-state index in [4.69, 9.17) is 28.9 Å². The second-order valence-corrected chi connectivity index (χ2v) is 8.43. The largest absolute Gasteiger partial charge is 0.380 e. The summed E-state index contributed by atoms with van der Waals surface area (Å²) in [7, 11) is 0. The van der Waals surface area contributed by atoms with Crippen molar-refractivity contribution in [3.8, 4) is 11.1 Å². The van der Waals surface area contributed by atoms with Gasteiger partial charge in [-0.3, -0.25) is 14.3 Å². The van der Waals surface area contributed by atoms with E-state index in [1.54, 1.807) is 10.9 Å². The number of nitrogens with one attached hydrogen (secondary N) is 1. The van der Waals surface area contributed by atoms with Crippen LogP contribution < -0.4 is 11.1 Å². The van der Waals surface area contributed by atoms with Crippen LogP contribution in [0.5, 0.6) is 0 Å². The van der Waals surface area contributed by atoms with Crippen molar-refractivity contribution in [2.45, 2.75) is 25.4 Å². The fraction of sp³-hybridized carbons (Fsp3) is 0.286. The summed E-state index contributed by atoms with van der Waals surface area (Å²) in [6.07, 6.45) is 7.75. The highest BCUT2D eigenvalue weighted by Gasteiger charge is 2.18. The highest BCUT2D eigenvalue weighted by atomic mass is 35.5. The van der Waals surface area contributed by atoms with Gasteiger partial charge in [0.05, 0.1) is 29.3 Å². The number of halogens is 3. The fourth-order valence-electron chi connectivity index (χ4n) is 3.98. The van der Waals surface area contributed by atoms with E-state index >= 15 is 0 Å². The van der Waals surface area contributed by atoms with Gasteiger partial charge in [0.1, 0.15) is 11.3 Å². The number of rotatable bonds is 4. The van der Waals surface area contributed by atoms with Crippen LogP contribution in [-0.4, -0.2) is 37.6 Å². The first-order chi connectivity index (χ1) is 15.0. The Balaban J connectivity index is 1.52. The van der Waals surface area contributed by atoms with Gasteiger partial charge in [-0.15, -0.1) is 0 Å². The zero-order valence-corrected chi connectivity index (χ0v) is 18.0. The Hall–Kier alpha value is -2.68. The van der Waals surface area contributed by atoms with Gasteiger partial charge < -0.3 is 11.1 Å². The van der Waals surface area contributed by atoms with Crippen LogP contribution in [0.1, 0.15) is 24.4 Å². The molecule has 10 heteroatoms. The molecule has 3 aromatic heterocycles. The number of anilines is 1. The molecule has 1 aromatic carbocycles. The molecule has 5 rings (SSSR count). The number of fused-ring (bicyclic) bond motifs is 1. The number of nitrogen functional groups attached to an aromatic ring is 1. The van der Waals surface area contributed by atoms with Gasteiger partial charge in [-0.05, 0) is 44.1 Å². The van der Waals surface area contributed by atoms with Crippen molar-refractivity contribution in [1.29, 1.82) is 0 Å². The average Bonchev–Trinajstić information content (AvgIpc) is 3.40. The molecule has 160 valence electrons. The third kappa shape index (κ3) is 3.75. The van der Waals surface area contributed by atoms with E-state index in [-0.39, 0.29) is 17.4 Å². The number of hydrogen-bond donors (Lipinski definition) is 2. The van der Waals surface area contributed by atoms with Crippen LogP contribution in [0.15, 0.2) is 36.8 Å². The minimum Gasteiger partial charge on any atom is -0.380 e. The zero-order valence-electron chi connectivity index (χ0n) is 16.5. The van der Waals surface area contributed by atoms with Gasteiger partial charge in [-0.25, -0.2) is 4.39 Å². The molecule has 1 aliphatic heterocycles. The second kappa shape index (κ2) is 8.11. The molecular weight excluding hydrogens is 440 g/mol. The first kappa shape index (κ1) is 20.2. The zero-order chi connectivity index (χ0) is 21.5. The quantitative estimate of drug-likeness (QED) is 0.444. The van der Waals surface area contributed by atoms with E-state index in [9.17, 15) is 4.39 Å². The molecule has 0 unspecified atom stereocenters. The van der Waals surface area contributed by atoms with Crippen LogP contribution in [0.4, 0.5) is 10.2 Å². The summed E-state index contributed by atoms with van der Waals surface area (Å²) in [5, 5.41) is 12.6. The Kier molecular flexibility index (Phi) is 5.29. The normalized spacial score (nSPS) is 15.1. The molecule has 31 heavy (non-hydrogen) atoms. The van der Waals surface area contributed by atoms with Crippen LogP contribution in [0, 0.1) is 5.82 Å². The molecule has 0 amide bonds. The summed E-state index contributed by atoms with van der Waals surface area (Å²) >= 11 is 12.4. The molecule has 3 N–H and O–H groups in total. The van der Waals surface area contributed by atoms with Crippen LogP contribution in [0.3, 0.4) is 0 Å². The lowest BCUT2D eigenvalue weighted by Gasteiger charge is -2.22. The molecule has 7 nitrogen and oxygen atoms in total. The lowest BCUT2D eigenvalue weighted by Crippen LogP contribution is -2.29. The average molecular weight is 460 g/mol. The number of nitrogens with two attached hydrogens (primary N) is 1. The summed E-state index contributed by atoms with van der Waals surface area (Å²) in [4.78, 5) is 4.51. The van der Waals surface area contributed by atoms with E-state index in [1.807, 2.05) is 23.1 Å². The summed E-state index contributed by atoms with van der Waals surface area (Å²) in [5.41, 5.74) is 9.64. The number of benzene rings is 1. The SMILES string of the molecule is Nc1nn(Cc2c(Cl)ccc(F)c2Cl)c2cc(-c3cnn(C4CCNCC4)c3)cnc12. The maximum atomic E-state index is 14.0. The van der Waals surface area contributed by atoms with E-state index in [0.29, 0.717) is 27.7 Å². The van der Waals surface area contributed by atoms with E-state index in [1.165, 1.54) is 12.1 Å². The van der Waals surface area contributed by atoms with E-state index in [2.05, 4.69) is 20.5 Å². The van der Waals surface area contributed by atoms with Crippen molar-refractivity contribution in [1.82, 2.24) is 29.9 Å². The van der Waals surface area contributed by atoms with E-state index < -0.39 is 5.82 Å². The van der Waals surface area contributed by atoms with Crippen molar-refractivity contribution < 1.29 is 4.39 Å². The summed E-state index contributed by atoms with van der Waals surface area (Å²) in [6, 6.07) is 5.07. The highest BCUT2D eigenvalue weighted by molar-refractivity contribution is 6.36. The highest BCUT2D eigenvalue weighted by Crippen LogP contribution is 2.31. The predicted molar refractivity (Wildman–Crippen MR) is 120 cm³/mol. The molecule has 0 spiro atoms. The molecule has 0 atom stereocenters. The first-order valence-corrected chi connectivity index (χ1v) is 10.8. The minimum absolute atomic E-state index is 0.0258. The number of piperidine rings is 1. The summed E-state index contributed by atoms with van der Waals surface area (Å²) in [6.45, 7) is 2.16. The molecule has 0 radical (unpaired) electrons. The number of nitrogens with zero attached hydrogens (tertiary/aromatic N) is 5. The van der Waals surface area contributed by atoms with Gasteiger partial charge in [-0.2, -0.15) is 10.2 Å². The van der Waals surface area contributed by atoms with Crippen LogP contribution in [-0.2, 0) is 6.54 Å². The molecule has 4 heterocycles. The topological polar surface area (TPSA) is 86.6 Å². The van der Waals surface area contributed by atoms with Gasteiger partial charge in [-0.1, -0.05) is 23.2 Å². The van der Waals surface area contributed by atoms with Gasteiger partial charge in [0.15, 0.2) is 5.82 Å². The van der Waals surface area contributed by atoms with Crippen LogP contribution >= 0.6 is 23.2 Å². The van der Waals surface area contributed by atoms with Crippen LogP contribution in [0.2, 0.25) is 10.0 Å². The Labute approximate surface area is 188 Å². The molecular formula is C21H20Cl2FN7. The molecule has 0 saturated carbocycles. The summed E-state index contributed by atoms with van der Waals surface area (Å²) in [5.74, 6) is -0.245. The minimum atomic E-state index is -0.533. The number of aromatic nitrogens is 5. The Morgan fingerprint density at radius 3 is 2.77 bits per heavy atom. The maximum Gasteiger partial charge on any atom is 0.172 e. The third-order valence-corrected chi connectivity index (χ3v) is 6.44. The standard InChI is InChI=1S/C21H20Cl2FN7/c22-16-1-2-17(24)19(23)15(16)11-31-18-7-12(8-27-20(18)21(25)29-31)13-9-28-30(10-13)14-3-5-26-6-4-14/h1-2,7-10,14,26H,3-6,11H2,(H2,25,29). The van der Waals surface area contributed by atoms with Crippen molar-refractivity contribution in [2.75, 3.05) is 18.8 Å². The number of pyridine rings is 1. The number of hydrogen-bond acceptors (Lipinski definition) is 5. The maximum absolute atomic E-state index is 14.0. The Morgan fingerprint density at radius 1 is 1.16 bits per heavy atom. The van der Waals surface area contributed by atoms with Crippen LogP contribution in [0.25, 0.3) is 22.2 Å². The van der Waals surface area contributed by atoms with Gasteiger partial charge >= 0.3 is 0 Å². The smallest absolute Gasteiger partial charge is 0.172 e. The molecule has 4 aromatic rings. The molecule has 1 aliphatic rings. The fourth-order valence-corrected chi connectivity index (χ4v) is 4.47. The van der Waals surface area contributed by atoms with Crippen molar-refractivity contribution in [3.63, 3.8) is 0 Å². The Bertz CT molecular complexity index is 1260. The molecule has 1 fully saturated rings. The lowest BCUT2D eigenvalue weighted by molar-refractivity contribution is 0.343. The Morgan fingerprint density at radius 2 is 1.97 bits per heavy atom. The molecule has 0 aliphatic carbocycles. The van der Waals surface area contributed by atoms with Gasteiger partial charge in [0.25, 0.3) is 0 Å². The lowest BCUT2D eigenvalue weighted by atomic mass is 10.1.